The van der Waals surface area contributed by atoms with E-state index in [1.165, 1.54) is 0 Å². The highest BCUT2D eigenvalue weighted by Crippen LogP contribution is 1.71. The molecular weight excluding hydrogens is 108 g/mol. The monoisotopic (exact) mass is 128 g/mol. The molecule has 0 aromatic rings. The summed E-state index contributed by atoms with van der Waals surface area (Å²) in [6.45, 7) is 8.00. The van der Waals surface area contributed by atoms with E-state index in [9.17, 15) is 0 Å². The fraction of sp³-hybridized carbons (Fsp3) is 0.556. The summed E-state index contributed by atoms with van der Waals surface area (Å²) in [5, 5.41) is 0. The van der Waals surface area contributed by atoms with Crippen molar-refractivity contribution in [3.63, 3.8) is 0 Å². The first-order chi connectivity index (χ1) is 3.91. The van der Waals surface area contributed by atoms with Gasteiger partial charge in [0.25, 0.3) is 0 Å². The highest BCUT2D eigenvalue weighted by atomic mass is 13.6. The van der Waals surface area contributed by atoms with Gasteiger partial charge in [-0.2, -0.15) is 0 Å². The van der Waals surface area contributed by atoms with E-state index in [1.54, 1.807) is 0 Å². The summed E-state index contributed by atoms with van der Waals surface area (Å²) in [4.78, 5) is 0. The van der Waals surface area contributed by atoms with E-state index >= 15 is 0 Å². The minimum Gasteiger partial charge on any atom is -0.0877 e. The van der Waals surface area contributed by atoms with E-state index in [0.717, 1.165) is 0 Å². The number of rotatable bonds is 1. The van der Waals surface area contributed by atoms with Gasteiger partial charge in [-0.25, -0.2) is 0 Å². The van der Waals surface area contributed by atoms with E-state index < -0.39 is 0 Å². The summed E-state index contributed by atoms with van der Waals surface area (Å²) in [6, 6.07) is 0. The highest BCUT2D eigenvalue weighted by molar-refractivity contribution is 4.98. The second kappa shape index (κ2) is 25.9. The first-order valence-corrected chi connectivity index (χ1v) is 3.15. The zero-order valence-electron chi connectivity index (χ0n) is 6.31. The van der Waals surface area contributed by atoms with Crippen LogP contribution in [0.5, 0.6) is 0 Å². The van der Waals surface area contributed by atoms with Crippen molar-refractivity contribution in [3.8, 4) is 0 Å². The molecule has 0 nitrogen and oxygen atoms in total. The Kier molecular flexibility index (Phi) is 45.5. The molecule has 0 atom stereocenters. The zero-order valence-corrected chi connectivity index (χ0v) is 6.31. The third-order valence-corrected chi connectivity index (χ3v) is 0.496. The fourth-order valence-electron chi connectivity index (χ4n) is 0.222. The molecule has 0 heterocycles. The van der Waals surface area contributed by atoms with Crippen molar-refractivity contribution >= 4 is 0 Å². The molecule has 0 spiro atoms. The molecule has 0 bridgehead atoms. The highest BCUT2D eigenvalue weighted by Gasteiger charge is 1.48. The number of hydrogen-bond acceptors (Lipinski definition) is 0. The molecule has 0 saturated carbocycles. The van der Waals surface area contributed by atoms with Gasteiger partial charge in [-0.15, -0.1) is 0 Å². The third kappa shape index (κ3) is 36.5. The first kappa shape index (κ1) is 15.8. The zero-order chi connectivity index (χ0) is 6.83. The molecular formula is C9H20. The van der Waals surface area contributed by atoms with Crippen LogP contribution >= 0.6 is 0 Å². The van der Waals surface area contributed by atoms with Gasteiger partial charge < -0.3 is 0 Å². The van der Waals surface area contributed by atoms with Gasteiger partial charge in [0, 0.05) is 0 Å². The molecule has 0 N–H and O–H groups in total. The predicted octanol–water partition coefficient (Wildman–Crippen LogP) is 3.80. The molecule has 0 aromatic carbocycles. The average molecular weight is 128 g/mol. The minimum atomic E-state index is 0. The summed E-state index contributed by atoms with van der Waals surface area (Å²) < 4.78 is 0. The Morgan fingerprint density at radius 2 is 1.00 bits per heavy atom. The lowest BCUT2D eigenvalue weighted by Crippen LogP contribution is -1.40. The van der Waals surface area contributed by atoms with E-state index in [4.69, 9.17) is 0 Å². The van der Waals surface area contributed by atoms with Gasteiger partial charge in [-0.05, 0) is 13.8 Å². The summed E-state index contributed by atoms with van der Waals surface area (Å²) in [5.41, 5.74) is 0. The van der Waals surface area contributed by atoms with Crippen molar-refractivity contribution in [2.75, 3.05) is 0 Å². The lowest BCUT2D eigenvalue weighted by molar-refractivity contribution is 1.50. The molecule has 0 amide bonds. The Hall–Kier alpha value is -0.520. The van der Waals surface area contributed by atoms with Crippen molar-refractivity contribution in [2.45, 2.75) is 35.1 Å². The quantitative estimate of drug-likeness (QED) is 0.471. The Morgan fingerprint density at radius 1 is 0.778 bits per heavy atom. The smallest absolute Gasteiger partial charge is 0.0467 e. The predicted molar refractivity (Wildman–Crippen MR) is 47.7 cm³/mol. The lowest BCUT2D eigenvalue weighted by atomic mass is 10.5. The topological polar surface area (TPSA) is 0 Å². The number of allylic oxidation sites excluding steroid dienone is 4. The summed E-state index contributed by atoms with van der Waals surface area (Å²) in [6.07, 6.45) is 8.00. The van der Waals surface area contributed by atoms with Gasteiger partial charge in [0.05, 0.1) is 0 Å². The second-order valence-electron chi connectivity index (χ2n) is 1.05. The van der Waals surface area contributed by atoms with Crippen LogP contribution in [-0.2, 0) is 0 Å². The molecule has 0 aliphatic heterocycles. The van der Waals surface area contributed by atoms with Gasteiger partial charge in [0.15, 0.2) is 0 Å². The van der Waals surface area contributed by atoms with Crippen LogP contribution in [0.25, 0.3) is 0 Å². The van der Waals surface area contributed by atoms with Crippen LogP contribution in [0, 0.1) is 0 Å². The van der Waals surface area contributed by atoms with E-state index in [-0.39, 0.29) is 7.43 Å². The first-order valence-electron chi connectivity index (χ1n) is 3.15. The Labute approximate surface area is 60.3 Å². The standard InChI is InChI=1S/C6H10.C2H6.CH4/c1-3-5-6-4-2;1-2;/h3-6H,1-2H3;1-2H3;1H4/b5-3-,6-4-;;. The number of hydrogen-bond donors (Lipinski definition) is 0. The van der Waals surface area contributed by atoms with E-state index in [0.29, 0.717) is 0 Å². The molecule has 0 unspecified atom stereocenters. The molecule has 0 saturated heterocycles. The summed E-state index contributed by atoms with van der Waals surface area (Å²) >= 11 is 0. The van der Waals surface area contributed by atoms with Gasteiger partial charge >= 0.3 is 0 Å². The third-order valence-electron chi connectivity index (χ3n) is 0.496. The van der Waals surface area contributed by atoms with E-state index in [1.807, 2.05) is 52.0 Å². The molecule has 0 fully saturated rings. The molecule has 0 aromatic heterocycles. The summed E-state index contributed by atoms with van der Waals surface area (Å²) in [7, 11) is 0. The maximum absolute atomic E-state index is 2.00. The maximum Gasteiger partial charge on any atom is -0.0467 e. The van der Waals surface area contributed by atoms with Crippen molar-refractivity contribution in [1.29, 1.82) is 0 Å². The van der Waals surface area contributed by atoms with Crippen LogP contribution in [0.4, 0.5) is 0 Å². The van der Waals surface area contributed by atoms with Crippen molar-refractivity contribution in [3.05, 3.63) is 24.3 Å². The fourth-order valence-corrected chi connectivity index (χ4v) is 0.222. The van der Waals surface area contributed by atoms with Crippen LogP contribution in [0.3, 0.4) is 0 Å². The normalized spacial score (nSPS) is 8.44. The maximum atomic E-state index is 2.00. The molecule has 9 heavy (non-hydrogen) atoms. The van der Waals surface area contributed by atoms with Gasteiger partial charge in [-0.3, -0.25) is 0 Å². The van der Waals surface area contributed by atoms with Gasteiger partial charge in [0.2, 0.25) is 0 Å². The SMILES string of the molecule is C.C/C=C\C=C/C.CC. The molecule has 0 aliphatic carbocycles. The Bertz CT molecular complexity index is 48.4. The largest absolute Gasteiger partial charge is 0.0877 e. The molecule has 0 radical (unpaired) electrons. The van der Waals surface area contributed by atoms with Gasteiger partial charge in [-0.1, -0.05) is 45.6 Å². The molecule has 56 valence electrons. The van der Waals surface area contributed by atoms with Crippen molar-refractivity contribution in [1.82, 2.24) is 0 Å². The molecule has 0 aliphatic rings. The van der Waals surface area contributed by atoms with Crippen LogP contribution in [-0.4, -0.2) is 0 Å². The van der Waals surface area contributed by atoms with Crippen LogP contribution in [0.15, 0.2) is 24.3 Å². The second-order valence-corrected chi connectivity index (χ2v) is 1.05. The average Bonchev–Trinajstić information content (AvgIpc) is 1.88. The Morgan fingerprint density at radius 3 is 1.11 bits per heavy atom. The molecule has 0 heteroatoms. The Balaban J connectivity index is -0.000000109. The van der Waals surface area contributed by atoms with Crippen molar-refractivity contribution in [2.24, 2.45) is 0 Å². The summed E-state index contributed by atoms with van der Waals surface area (Å²) in [5.74, 6) is 0. The lowest BCUT2D eigenvalue weighted by Gasteiger charge is -1.62. The van der Waals surface area contributed by atoms with Crippen LogP contribution in [0.2, 0.25) is 0 Å². The van der Waals surface area contributed by atoms with Gasteiger partial charge in [0.1, 0.15) is 0 Å². The van der Waals surface area contributed by atoms with Crippen LogP contribution < -0.4 is 0 Å². The minimum absolute atomic E-state index is 0. The van der Waals surface area contributed by atoms with E-state index in [2.05, 4.69) is 0 Å². The molecule has 0 rings (SSSR count). The van der Waals surface area contributed by atoms with Crippen LogP contribution in [0.1, 0.15) is 35.1 Å². The van der Waals surface area contributed by atoms with Crippen molar-refractivity contribution < 1.29 is 0 Å².